The van der Waals surface area contributed by atoms with Crippen LogP contribution in [0.4, 0.5) is 17.6 Å². The molecule has 1 fully saturated rings. The standard InChI is InChI=1S/C23H21F4N3O4S/c1-22(12-3-5-13(24)6-4-12)18(21(33)34-2)14(28-19(29-22)16-7-8-17(25)35-16)10-30-11-23(26,27)9-15(30)20(31)32/h3-8,15H,9-11H2,1-2H3,(H,28,29)(H,31,32)/t15-,22-/m0/s1. The van der Waals surface area contributed by atoms with Crippen LogP contribution in [0.3, 0.4) is 0 Å². The normalized spacial score (nSPS) is 24.2. The number of methoxy groups -OCH3 is 1. The van der Waals surface area contributed by atoms with Crippen molar-refractivity contribution >= 4 is 29.1 Å². The van der Waals surface area contributed by atoms with Crippen molar-refractivity contribution in [2.75, 3.05) is 20.2 Å². The number of carbonyl (C=O) groups is 2. The fraction of sp³-hybridized carbons (Fsp3) is 0.348. The molecule has 7 nitrogen and oxygen atoms in total. The minimum atomic E-state index is -3.24. The van der Waals surface area contributed by atoms with Gasteiger partial charge in [-0.3, -0.25) is 14.7 Å². The number of ether oxygens (including phenoxy) is 1. The first-order valence-electron chi connectivity index (χ1n) is 10.5. The summed E-state index contributed by atoms with van der Waals surface area (Å²) in [6.45, 7) is 0.349. The smallest absolute Gasteiger partial charge is 0.338 e. The number of rotatable bonds is 6. The van der Waals surface area contributed by atoms with E-state index in [1.807, 2.05) is 0 Å². The number of carbonyl (C=O) groups excluding carboxylic acids is 1. The average molecular weight is 511 g/mol. The van der Waals surface area contributed by atoms with Crippen LogP contribution in [-0.4, -0.2) is 59.9 Å². The van der Waals surface area contributed by atoms with Crippen molar-refractivity contribution in [3.63, 3.8) is 0 Å². The van der Waals surface area contributed by atoms with Crippen molar-refractivity contribution < 1.29 is 37.0 Å². The number of carboxylic acid groups (broad SMARTS) is 1. The predicted octanol–water partition coefficient (Wildman–Crippen LogP) is 3.51. The van der Waals surface area contributed by atoms with E-state index in [-0.39, 0.29) is 23.7 Å². The van der Waals surface area contributed by atoms with Gasteiger partial charge in [0, 0.05) is 18.7 Å². The number of amidine groups is 1. The molecule has 2 aliphatic rings. The Morgan fingerprint density at radius 1 is 1.23 bits per heavy atom. The number of thiophene rings is 1. The Morgan fingerprint density at radius 2 is 1.91 bits per heavy atom. The van der Waals surface area contributed by atoms with E-state index in [9.17, 15) is 32.3 Å². The molecule has 2 atom stereocenters. The molecule has 4 rings (SSSR count). The molecule has 0 amide bonds. The first-order chi connectivity index (χ1) is 16.4. The van der Waals surface area contributed by atoms with E-state index in [4.69, 9.17) is 4.74 Å². The summed E-state index contributed by atoms with van der Waals surface area (Å²) in [6.07, 6.45) is -0.879. The van der Waals surface area contributed by atoms with Gasteiger partial charge in [0.05, 0.1) is 24.1 Å². The summed E-state index contributed by atoms with van der Waals surface area (Å²) in [5, 5.41) is 11.9. The molecule has 1 aromatic carbocycles. The Balaban J connectivity index is 1.87. The highest BCUT2D eigenvalue weighted by Gasteiger charge is 2.50. The second-order valence-corrected chi connectivity index (χ2v) is 9.47. The number of likely N-dealkylation sites (tertiary alicyclic amines) is 1. The van der Waals surface area contributed by atoms with Crippen LogP contribution in [0.5, 0.6) is 0 Å². The zero-order valence-corrected chi connectivity index (χ0v) is 19.5. The van der Waals surface area contributed by atoms with Gasteiger partial charge in [0.25, 0.3) is 5.92 Å². The Kier molecular flexibility index (Phi) is 6.45. The number of esters is 1. The minimum absolute atomic E-state index is 0.0632. The van der Waals surface area contributed by atoms with Gasteiger partial charge in [0.1, 0.15) is 23.2 Å². The molecule has 35 heavy (non-hydrogen) atoms. The predicted molar refractivity (Wildman–Crippen MR) is 119 cm³/mol. The van der Waals surface area contributed by atoms with Crippen LogP contribution in [0.15, 0.2) is 52.7 Å². The van der Waals surface area contributed by atoms with Crippen molar-refractivity contribution in [1.29, 1.82) is 0 Å². The Labute approximate surface area is 201 Å². The van der Waals surface area contributed by atoms with Crippen LogP contribution in [0.2, 0.25) is 0 Å². The third kappa shape index (κ3) is 4.80. The largest absolute Gasteiger partial charge is 0.480 e. The summed E-state index contributed by atoms with van der Waals surface area (Å²) in [5.74, 6) is -5.88. The molecule has 0 unspecified atom stereocenters. The number of aliphatic carboxylic acids is 1. The molecule has 1 aromatic heterocycles. The number of aliphatic imine (C=N–C) groups is 1. The molecule has 2 N–H and O–H groups in total. The zero-order valence-electron chi connectivity index (χ0n) is 18.6. The first kappa shape index (κ1) is 24.9. The zero-order chi connectivity index (χ0) is 25.5. The summed E-state index contributed by atoms with van der Waals surface area (Å²) < 4.78 is 60.7. The number of hydrogen-bond donors (Lipinski definition) is 2. The number of halogens is 4. The van der Waals surface area contributed by atoms with Crippen molar-refractivity contribution in [3.8, 4) is 0 Å². The van der Waals surface area contributed by atoms with Gasteiger partial charge in [-0.2, -0.15) is 4.39 Å². The lowest BCUT2D eigenvalue weighted by Crippen LogP contribution is -2.46. The van der Waals surface area contributed by atoms with E-state index in [1.54, 1.807) is 6.92 Å². The van der Waals surface area contributed by atoms with Crippen LogP contribution < -0.4 is 5.32 Å². The lowest BCUT2D eigenvalue weighted by Gasteiger charge is -2.36. The average Bonchev–Trinajstić information content (AvgIpc) is 3.35. The Hall–Kier alpha value is -3.25. The number of hydrogen-bond acceptors (Lipinski definition) is 7. The molecule has 2 aliphatic heterocycles. The first-order valence-corrected chi connectivity index (χ1v) is 11.3. The number of alkyl halides is 2. The van der Waals surface area contributed by atoms with Crippen LogP contribution in [0, 0.1) is 10.9 Å². The van der Waals surface area contributed by atoms with Crippen molar-refractivity contribution in [2.24, 2.45) is 4.99 Å². The molecule has 1 saturated heterocycles. The van der Waals surface area contributed by atoms with Crippen LogP contribution in [0.25, 0.3) is 0 Å². The van der Waals surface area contributed by atoms with Gasteiger partial charge in [-0.15, -0.1) is 11.3 Å². The molecular formula is C23H21F4N3O4S. The maximum absolute atomic E-state index is 14.1. The maximum Gasteiger partial charge on any atom is 0.338 e. The van der Waals surface area contributed by atoms with Crippen molar-refractivity contribution in [2.45, 2.75) is 30.8 Å². The fourth-order valence-electron chi connectivity index (χ4n) is 4.39. The number of carboxylic acids is 1. The highest BCUT2D eigenvalue weighted by molar-refractivity contribution is 7.12. The van der Waals surface area contributed by atoms with E-state index in [1.165, 1.54) is 36.4 Å². The molecule has 0 saturated carbocycles. The van der Waals surface area contributed by atoms with E-state index < -0.39 is 53.4 Å². The fourth-order valence-corrected chi connectivity index (χ4v) is 5.06. The van der Waals surface area contributed by atoms with E-state index >= 15 is 0 Å². The SMILES string of the molecule is COC(=O)C1=C(CN2CC(F)(F)C[C@H]2C(=O)O)NC(c2ccc(F)s2)=N[C@@]1(C)c1ccc(F)cc1. The molecular weight excluding hydrogens is 490 g/mol. The van der Waals surface area contributed by atoms with Crippen LogP contribution in [-0.2, 0) is 19.9 Å². The molecule has 12 heteroatoms. The quantitative estimate of drug-likeness (QED) is 0.456. The summed E-state index contributed by atoms with van der Waals surface area (Å²) in [5.41, 5.74) is -1.09. The maximum atomic E-state index is 14.1. The molecule has 2 aromatic rings. The monoisotopic (exact) mass is 511 g/mol. The van der Waals surface area contributed by atoms with Gasteiger partial charge >= 0.3 is 11.9 Å². The topological polar surface area (TPSA) is 91.2 Å². The summed E-state index contributed by atoms with van der Waals surface area (Å²) in [7, 11) is 1.13. The molecule has 186 valence electrons. The van der Waals surface area contributed by atoms with Gasteiger partial charge in [0.15, 0.2) is 5.13 Å². The van der Waals surface area contributed by atoms with Crippen molar-refractivity contribution in [3.05, 3.63) is 69.1 Å². The Bertz CT molecular complexity index is 1230. The summed E-state index contributed by atoms with van der Waals surface area (Å²) >= 11 is 0.772. The second-order valence-electron chi connectivity index (χ2n) is 8.43. The van der Waals surface area contributed by atoms with E-state index in [0.717, 1.165) is 23.3 Å². The lowest BCUT2D eigenvalue weighted by molar-refractivity contribution is -0.142. The molecule has 0 spiro atoms. The highest BCUT2D eigenvalue weighted by Crippen LogP contribution is 2.40. The highest BCUT2D eigenvalue weighted by atomic mass is 32.1. The number of nitrogens with one attached hydrogen (secondary N) is 1. The van der Waals surface area contributed by atoms with E-state index in [2.05, 4.69) is 10.3 Å². The van der Waals surface area contributed by atoms with Gasteiger partial charge in [-0.1, -0.05) is 12.1 Å². The third-order valence-electron chi connectivity index (χ3n) is 6.01. The summed E-state index contributed by atoms with van der Waals surface area (Å²) in [4.78, 5) is 30.7. The Morgan fingerprint density at radius 3 is 2.49 bits per heavy atom. The van der Waals surface area contributed by atoms with Gasteiger partial charge in [-0.05, 0) is 36.8 Å². The van der Waals surface area contributed by atoms with Gasteiger partial charge in [0.2, 0.25) is 0 Å². The van der Waals surface area contributed by atoms with Crippen molar-refractivity contribution in [1.82, 2.24) is 10.2 Å². The van der Waals surface area contributed by atoms with Gasteiger partial charge in [-0.25, -0.2) is 18.0 Å². The lowest BCUT2D eigenvalue weighted by atomic mass is 9.82. The number of nitrogens with zero attached hydrogens (tertiary/aromatic N) is 2. The second kappa shape index (κ2) is 9.08. The minimum Gasteiger partial charge on any atom is -0.480 e. The van der Waals surface area contributed by atoms with E-state index in [0.29, 0.717) is 10.4 Å². The molecule has 3 heterocycles. The van der Waals surface area contributed by atoms with Crippen LogP contribution in [0.1, 0.15) is 23.8 Å². The molecule has 0 aliphatic carbocycles. The number of benzene rings is 1. The molecule has 0 bridgehead atoms. The summed E-state index contributed by atoms with van der Waals surface area (Å²) in [6, 6.07) is 6.39. The van der Waals surface area contributed by atoms with Crippen LogP contribution >= 0.6 is 11.3 Å². The third-order valence-corrected chi connectivity index (χ3v) is 6.89. The van der Waals surface area contributed by atoms with Gasteiger partial charge < -0.3 is 15.2 Å². The molecule has 0 radical (unpaired) electrons.